The second-order valence-corrected chi connectivity index (χ2v) is 11.7. The first-order valence-corrected chi connectivity index (χ1v) is 15.4. The smallest absolute Gasteiger partial charge is 0.160 e. The van der Waals surface area contributed by atoms with Crippen molar-refractivity contribution in [2.45, 2.75) is 0 Å². The molecule has 0 saturated carbocycles. The Hall–Kier alpha value is -6.06. The molecule has 45 heavy (non-hydrogen) atoms. The van der Waals surface area contributed by atoms with Gasteiger partial charge >= 0.3 is 0 Å². The summed E-state index contributed by atoms with van der Waals surface area (Å²) in [7, 11) is 0. The van der Waals surface area contributed by atoms with Gasteiger partial charge in [-0.15, -0.1) is 0 Å². The Morgan fingerprint density at radius 3 is 1.58 bits per heavy atom. The summed E-state index contributed by atoms with van der Waals surface area (Å²) in [6.45, 7) is 0. The predicted octanol–water partition coefficient (Wildman–Crippen LogP) is 11.4. The standard InChI is InChI=1S/C42H26N2O/c1-2-12-27(13-3-1)34-26-35-32-16-7-11-21-39(32)45-42(35)41-40(34)33-17-6-10-20-38(33)44(41)29-24-22-28(23-25-29)43-36-18-8-4-14-30(36)31-15-5-9-19-37(31)43/h1-26H. The summed E-state index contributed by atoms with van der Waals surface area (Å²) in [6, 6.07) is 56.4. The number of aromatic nitrogens is 2. The summed E-state index contributed by atoms with van der Waals surface area (Å²) in [5, 5.41) is 7.20. The Morgan fingerprint density at radius 1 is 0.400 bits per heavy atom. The van der Waals surface area contributed by atoms with Crippen LogP contribution in [0.2, 0.25) is 0 Å². The van der Waals surface area contributed by atoms with Crippen molar-refractivity contribution in [3.05, 3.63) is 158 Å². The maximum atomic E-state index is 6.70. The first-order valence-electron chi connectivity index (χ1n) is 15.4. The van der Waals surface area contributed by atoms with E-state index in [9.17, 15) is 0 Å². The van der Waals surface area contributed by atoms with Crippen molar-refractivity contribution in [1.29, 1.82) is 0 Å². The number of rotatable bonds is 3. The molecule has 0 fully saturated rings. The fourth-order valence-corrected chi connectivity index (χ4v) is 7.39. The van der Waals surface area contributed by atoms with Crippen molar-refractivity contribution >= 4 is 65.6 Å². The molecule has 3 nitrogen and oxygen atoms in total. The Bertz CT molecular complexity index is 2690. The number of nitrogens with zero attached hydrogens (tertiary/aromatic N) is 2. The van der Waals surface area contributed by atoms with Gasteiger partial charge in [0.05, 0.1) is 22.1 Å². The molecular formula is C42H26N2O. The van der Waals surface area contributed by atoms with Gasteiger partial charge in [-0.2, -0.15) is 0 Å². The van der Waals surface area contributed by atoms with Gasteiger partial charge in [-0.1, -0.05) is 103 Å². The molecule has 7 aromatic carbocycles. The van der Waals surface area contributed by atoms with E-state index in [2.05, 4.69) is 161 Å². The lowest BCUT2D eigenvalue weighted by Gasteiger charge is -2.12. The van der Waals surface area contributed by atoms with Crippen molar-refractivity contribution < 1.29 is 4.42 Å². The highest BCUT2D eigenvalue weighted by molar-refractivity contribution is 6.26. The Balaban J connectivity index is 1.29. The number of benzene rings is 7. The van der Waals surface area contributed by atoms with Gasteiger partial charge in [0.15, 0.2) is 5.58 Å². The van der Waals surface area contributed by atoms with Gasteiger partial charge in [0.1, 0.15) is 5.58 Å². The average molecular weight is 575 g/mol. The molecule has 0 aliphatic carbocycles. The summed E-state index contributed by atoms with van der Waals surface area (Å²) in [5.41, 5.74) is 11.1. The van der Waals surface area contributed by atoms with Crippen molar-refractivity contribution in [2.24, 2.45) is 0 Å². The van der Waals surface area contributed by atoms with Crippen molar-refractivity contribution in [3.63, 3.8) is 0 Å². The first-order chi connectivity index (χ1) is 22.3. The van der Waals surface area contributed by atoms with E-state index in [1.807, 2.05) is 6.07 Å². The van der Waals surface area contributed by atoms with Crippen LogP contribution in [0.4, 0.5) is 0 Å². The third-order valence-corrected chi connectivity index (χ3v) is 9.31. The quantitative estimate of drug-likeness (QED) is 0.206. The summed E-state index contributed by atoms with van der Waals surface area (Å²) in [4.78, 5) is 0. The molecule has 0 amide bonds. The highest BCUT2D eigenvalue weighted by Crippen LogP contribution is 2.45. The minimum Gasteiger partial charge on any atom is -0.454 e. The maximum Gasteiger partial charge on any atom is 0.160 e. The topological polar surface area (TPSA) is 23.0 Å². The highest BCUT2D eigenvalue weighted by atomic mass is 16.3. The molecule has 3 heteroatoms. The maximum absolute atomic E-state index is 6.70. The normalized spacial score (nSPS) is 12.0. The molecule has 210 valence electrons. The molecule has 0 aliphatic heterocycles. The summed E-state index contributed by atoms with van der Waals surface area (Å²) >= 11 is 0. The van der Waals surface area contributed by atoms with Gasteiger partial charge in [-0.25, -0.2) is 0 Å². The third kappa shape index (κ3) is 3.41. The Kier molecular flexibility index (Phi) is 5.00. The van der Waals surface area contributed by atoms with Crippen molar-refractivity contribution in [3.8, 4) is 22.5 Å². The van der Waals surface area contributed by atoms with Gasteiger partial charge in [0.25, 0.3) is 0 Å². The molecule has 0 N–H and O–H groups in total. The number of hydrogen-bond donors (Lipinski definition) is 0. The molecule has 3 aromatic heterocycles. The van der Waals surface area contributed by atoms with E-state index in [0.29, 0.717) is 0 Å². The lowest BCUT2D eigenvalue weighted by Crippen LogP contribution is -1.97. The van der Waals surface area contributed by atoms with Gasteiger partial charge in [-0.3, -0.25) is 0 Å². The average Bonchev–Trinajstić information content (AvgIpc) is 3.77. The number of hydrogen-bond acceptors (Lipinski definition) is 1. The molecule has 10 rings (SSSR count). The highest BCUT2D eigenvalue weighted by Gasteiger charge is 2.23. The second kappa shape index (κ2) is 9.22. The van der Waals surface area contributed by atoms with Gasteiger partial charge in [0, 0.05) is 43.7 Å². The number of fused-ring (bicyclic) bond motifs is 10. The van der Waals surface area contributed by atoms with E-state index in [4.69, 9.17) is 4.42 Å². The van der Waals surface area contributed by atoms with Gasteiger partial charge in [0.2, 0.25) is 0 Å². The van der Waals surface area contributed by atoms with Crippen molar-refractivity contribution in [2.75, 3.05) is 0 Å². The lowest BCUT2D eigenvalue weighted by molar-refractivity contribution is 0.671. The van der Waals surface area contributed by atoms with Crippen LogP contribution in [0, 0.1) is 0 Å². The van der Waals surface area contributed by atoms with E-state index in [1.54, 1.807) is 0 Å². The van der Waals surface area contributed by atoms with Crippen molar-refractivity contribution in [1.82, 2.24) is 9.13 Å². The summed E-state index contributed by atoms with van der Waals surface area (Å²) < 4.78 is 11.5. The molecular weight excluding hydrogens is 548 g/mol. The van der Waals surface area contributed by atoms with Gasteiger partial charge in [-0.05, 0) is 65.7 Å². The van der Waals surface area contributed by atoms with Crippen LogP contribution >= 0.6 is 0 Å². The van der Waals surface area contributed by atoms with Gasteiger partial charge < -0.3 is 13.6 Å². The minimum absolute atomic E-state index is 0.900. The Morgan fingerprint density at radius 2 is 0.911 bits per heavy atom. The van der Waals surface area contributed by atoms with Crippen LogP contribution in [-0.2, 0) is 0 Å². The predicted molar refractivity (Wildman–Crippen MR) is 188 cm³/mol. The minimum atomic E-state index is 0.900. The number of furan rings is 1. The SMILES string of the molecule is c1ccc(-c2cc3c4ccccc4oc3c3c2c2ccccc2n3-c2ccc(-n3c4ccccc4c4ccccc43)cc2)cc1. The van der Waals surface area contributed by atoms with Crippen LogP contribution in [0.15, 0.2) is 162 Å². The summed E-state index contributed by atoms with van der Waals surface area (Å²) in [5.74, 6) is 0. The van der Waals surface area contributed by atoms with E-state index >= 15 is 0 Å². The fourth-order valence-electron chi connectivity index (χ4n) is 7.39. The van der Waals surface area contributed by atoms with Crippen LogP contribution in [0.3, 0.4) is 0 Å². The zero-order valence-electron chi connectivity index (χ0n) is 24.3. The molecule has 0 radical (unpaired) electrons. The Labute approximate surface area is 258 Å². The first kappa shape index (κ1) is 24.4. The molecule has 0 aliphatic rings. The molecule has 0 unspecified atom stereocenters. The molecule has 0 bridgehead atoms. The molecule has 3 heterocycles. The molecule has 0 saturated heterocycles. The van der Waals surface area contributed by atoms with E-state index < -0.39 is 0 Å². The van der Waals surface area contributed by atoms with E-state index in [1.165, 1.54) is 43.7 Å². The van der Waals surface area contributed by atoms with Crippen LogP contribution in [-0.4, -0.2) is 9.13 Å². The fraction of sp³-hybridized carbons (Fsp3) is 0. The van der Waals surface area contributed by atoms with Crippen LogP contribution < -0.4 is 0 Å². The zero-order chi connectivity index (χ0) is 29.5. The van der Waals surface area contributed by atoms with E-state index in [0.717, 1.165) is 44.3 Å². The van der Waals surface area contributed by atoms with Crippen LogP contribution in [0.1, 0.15) is 0 Å². The van der Waals surface area contributed by atoms with Crippen LogP contribution in [0.5, 0.6) is 0 Å². The third-order valence-electron chi connectivity index (χ3n) is 9.31. The molecule has 10 aromatic rings. The zero-order valence-corrected chi connectivity index (χ0v) is 24.3. The van der Waals surface area contributed by atoms with Crippen LogP contribution in [0.25, 0.3) is 88.1 Å². The monoisotopic (exact) mass is 574 g/mol. The largest absolute Gasteiger partial charge is 0.454 e. The molecule has 0 atom stereocenters. The van der Waals surface area contributed by atoms with E-state index in [-0.39, 0.29) is 0 Å². The lowest BCUT2D eigenvalue weighted by atomic mass is 9.97. The summed E-state index contributed by atoms with van der Waals surface area (Å²) in [6.07, 6.45) is 0. The number of para-hydroxylation sites is 4. The molecule has 0 spiro atoms. The second-order valence-electron chi connectivity index (χ2n) is 11.7.